The molecule has 0 radical (unpaired) electrons. The van der Waals surface area contributed by atoms with Gasteiger partial charge in [-0.25, -0.2) is 4.68 Å². The van der Waals surface area contributed by atoms with Crippen molar-refractivity contribution in [2.24, 2.45) is 17.8 Å². The molecule has 42 heavy (non-hydrogen) atoms. The number of benzene rings is 1. The van der Waals surface area contributed by atoms with Crippen molar-refractivity contribution < 1.29 is 29.0 Å². The molecule has 1 N–H and O–H groups in total. The number of aliphatic hydroxyl groups excluding tert-OH is 1. The fourth-order valence-corrected chi connectivity index (χ4v) is 7.76. The van der Waals surface area contributed by atoms with Gasteiger partial charge >= 0.3 is 5.97 Å². The van der Waals surface area contributed by atoms with Gasteiger partial charge in [-0.15, -0.1) is 18.3 Å². The molecule has 5 rings (SSSR count). The predicted molar refractivity (Wildman–Crippen MR) is 158 cm³/mol. The summed E-state index contributed by atoms with van der Waals surface area (Å²) in [5.74, 6) is -3.21. The first kappa shape index (κ1) is 30.4. The molecule has 3 aliphatic rings. The van der Waals surface area contributed by atoms with Gasteiger partial charge in [-0.3, -0.25) is 14.4 Å². The van der Waals surface area contributed by atoms with Crippen LogP contribution in [0.3, 0.4) is 0 Å². The molecular formula is C30H38BrN5O6. The topological polar surface area (TPSA) is 127 Å². The number of esters is 1. The molecule has 3 fully saturated rings. The van der Waals surface area contributed by atoms with Crippen LogP contribution in [-0.2, 0) is 30.5 Å². The van der Waals surface area contributed by atoms with Crippen molar-refractivity contribution in [3.8, 4) is 0 Å². The summed E-state index contributed by atoms with van der Waals surface area (Å²) in [6, 6.07) is 5.70. The first-order valence-electron chi connectivity index (χ1n) is 14.4. The smallest absolute Gasteiger partial charge is 0.312 e. The van der Waals surface area contributed by atoms with Gasteiger partial charge in [-0.05, 0) is 37.3 Å². The largest absolute Gasteiger partial charge is 0.465 e. The third-order valence-electron chi connectivity index (χ3n) is 8.73. The number of ether oxygens (including phenoxy) is 2. The molecule has 3 unspecified atom stereocenters. The zero-order valence-corrected chi connectivity index (χ0v) is 25.6. The van der Waals surface area contributed by atoms with Crippen LogP contribution in [0.25, 0.3) is 11.0 Å². The van der Waals surface area contributed by atoms with Gasteiger partial charge in [0.2, 0.25) is 11.8 Å². The average Bonchev–Trinajstić information content (AvgIpc) is 3.68. The second-order valence-electron chi connectivity index (χ2n) is 11.6. The van der Waals surface area contributed by atoms with Crippen LogP contribution in [0.4, 0.5) is 0 Å². The fraction of sp³-hybridized carbons (Fsp3) is 0.567. The van der Waals surface area contributed by atoms with Crippen LogP contribution >= 0.6 is 15.9 Å². The van der Waals surface area contributed by atoms with Gasteiger partial charge in [-0.2, -0.15) is 0 Å². The van der Waals surface area contributed by atoms with Crippen molar-refractivity contribution in [3.63, 3.8) is 0 Å². The van der Waals surface area contributed by atoms with Crippen LogP contribution in [-0.4, -0.2) is 96.1 Å². The number of unbranched alkanes of at least 4 members (excludes halogenated alkanes) is 1. The summed E-state index contributed by atoms with van der Waals surface area (Å²) in [7, 11) is 0. The minimum Gasteiger partial charge on any atom is -0.465 e. The van der Waals surface area contributed by atoms with Crippen molar-refractivity contribution >= 4 is 44.7 Å². The monoisotopic (exact) mass is 643 g/mol. The second-order valence-corrected chi connectivity index (χ2v) is 12.7. The average molecular weight is 645 g/mol. The lowest BCUT2D eigenvalue weighted by atomic mass is 9.70. The summed E-state index contributed by atoms with van der Waals surface area (Å²) in [4.78, 5) is 45.2. The number of likely N-dealkylation sites (tertiary alicyclic amines) is 1. The number of aliphatic hydroxyl groups is 1. The molecule has 3 saturated heterocycles. The summed E-state index contributed by atoms with van der Waals surface area (Å²) in [5, 5.41) is 18.9. The summed E-state index contributed by atoms with van der Waals surface area (Å²) in [6.07, 6.45) is 4.42. The van der Waals surface area contributed by atoms with E-state index in [0.29, 0.717) is 24.8 Å². The molecule has 2 amide bonds. The van der Waals surface area contributed by atoms with Crippen LogP contribution < -0.4 is 0 Å². The number of hydrogen-bond acceptors (Lipinski definition) is 8. The van der Waals surface area contributed by atoms with E-state index in [4.69, 9.17) is 9.47 Å². The predicted octanol–water partition coefficient (Wildman–Crippen LogP) is 2.68. The minimum atomic E-state index is -1.27. The highest BCUT2D eigenvalue weighted by atomic mass is 79.9. The molecule has 2 aromatic rings. The molecule has 3 aliphatic heterocycles. The lowest BCUT2D eigenvalue weighted by Crippen LogP contribution is -2.60. The Labute approximate surface area is 253 Å². The van der Waals surface area contributed by atoms with Crippen molar-refractivity contribution in [2.75, 3.05) is 19.8 Å². The Balaban J connectivity index is 1.53. The third-order valence-corrected chi connectivity index (χ3v) is 9.57. The Morgan fingerprint density at radius 1 is 1.31 bits per heavy atom. The molecule has 7 atom stereocenters. The Morgan fingerprint density at radius 3 is 2.76 bits per heavy atom. The molecule has 0 saturated carbocycles. The number of rotatable bonds is 13. The van der Waals surface area contributed by atoms with Gasteiger partial charge in [0.05, 0.1) is 42.7 Å². The standard InChI is InChI=1S/C30H38BrN5O6/c1-5-7-10-14-41-29(40)23-24-27(38)36(22(16-37)18(3)4)26(30(24)15-19(31)25(23)42-30)28(39)34(13-6-2)17-35-21-12-9-8-11-20(21)32-33-35/h5-6,8-9,11-12,18-19,22-26,37H,1-2,7,10,13-17H2,3-4H3/t19?,22-,23+,24-,25+,26?,30?/m0/s1. The van der Waals surface area contributed by atoms with E-state index in [9.17, 15) is 19.5 Å². The maximum absolute atomic E-state index is 14.7. The summed E-state index contributed by atoms with van der Waals surface area (Å²) in [5.41, 5.74) is 0.168. The Hall–Kier alpha value is -3.09. The highest BCUT2D eigenvalue weighted by Crippen LogP contribution is 2.61. The second kappa shape index (κ2) is 12.3. The van der Waals surface area contributed by atoms with E-state index in [1.165, 1.54) is 4.90 Å². The van der Waals surface area contributed by atoms with E-state index >= 15 is 0 Å². The van der Waals surface area contributed by atoms with E-state index in [0.717, 1.165) is 5.52 Å². The van der Waals surface area contributed by atoms with Gasteiger partial charge in [0.1, 0.15) is 23.8 Å². The van der Waals surface area contributed by atoms with Crippen LogP contribution in [0.5, 0.6) is 0 Å². The molecule has 1 spiro atoms. The number of para-hydroxylation sites is 1. The number of carbonyl (C=O) groups is 3. The Bertz CT molecular complexity index is 1360. The van der Waals surface area contributed by atoms with E-state index in [2.05, 4.69) is 39.4 Å². The number of alkyl halides is 1. The molecule has 1 aromatic carbocycles. The molecule has 1 aromatic heterocycles. The van der Waals surface area contributed by atoms with Crippen LogP contribution in [0.15, 0.2) is 49.6 Å². The first-order chi connectivity index (χ1) is 20.2. The van der Waals surface area contributed by atoms with E-state index in [1.807, 2.05) is 38.1 Å². The molecule has 0 aliphatic carbocycles. The molecule has 4 heterocycles. The first-order valence-corrected chi connectivity index (χ1v) is 15.3. The van der Waals surface area contributed by atoms with Crippen molar-refractivity contribution in [1.82, 2.24) is 24.8 Å². The van der Waals surface area contributed by atoms with E-state index in [-0.39, 0.29) is 49.0 Å². The number of amides is 2. The third kappa shape index (κ3) is 4.97. The van der Waals surface area contributed by atoms with Crippen molar-refractivity contribution in [2.45, 2.75) is 68.4 Å². The van der Waals surface area contributed by atoms with E-state index < -0.39 is 41.6 Å². The Kier molecular flexibility index (Phi) is 8.86. The normalized spacial score (nSPS) is 28.7. The number of allylic oxidation sites excluding steroid dienone is 1. The maximum atomic E-state index is 14.7. The number of hydrogen-bond donors (Lipinski definition) is 1. The molecule has 12 heteroatoms. The van der Waals surface area contributed by atoms with Crippen molar-refractivity contribution in [1.29, 1.82) is 0 Å². The molecule has 2 bridgehead atoms. The highest BCUT2D eigenvalue weighted by Gasteiger charge is 2.77. The maximum Gasteiger partial charge on any atom is 0.312 e. The van der Waals surface area contributed by atoms with Crippen LogP contribution in [0.2, 0.25) is 0 Å². The zero-order valence-electron chi connectivity index (χ0n) is 24.0. The number of fused-ring (bicyclic) bond motifs is 2. The summed E-state index contributed by atoms with van der Waals surface area (Å²) < 4.78 is 13.8. The molecule has 226 valence electrons. The van der Waals surface area contributed by atoms with Crippen LogP contribution in [0, 0.1) is 17.8 Å². The van der Waals surface area contributed by atoms with Gasteiger partial charge in [0.25, 0.3) is 0 Å². The quantitative estimate of drug-likeness (QED) is 0.153. The highest BCUT2D eigenvalue weighted by molar-refractivity contribution is 9.09. The fourth-order valence-electron chi connectivity index (χ4n) is 6.82. The number of aromatic nitrogens is 3. The number of carbonyl (C=O) groups excluding carboxylic acids is 3. The van der Waals surface area contributed by atoms with Gasteiger partial charge < -0.3 is 24.4 Å². The SMILES string of the molecule is C=CCCCOC(=O)[C@H]1[C@@H]2OC3(CC2Br)C(C(=O)N(CC=C)Cn2nnc4ccccc42)N([C@@H](CO)C(C)C)C(=O)[C@H]13. The summed E-state index contributed by atoms with van der Waals surface area (Å²) >= 11 is 3.68. The zero-order chi connectivity index (χ0) is 30.2. The van der Waals surface area contributed by atoms with Gasteiger partial charge in [0.15, 0.2) is 0 Å². The Morgan fingerprint density at radius 2 is 2.07 bits per heavy atom. The van der Waals surface area contributed by atoms with Gasteiger partial charge in [0, 0.05) is 11.4 Å². The lowest BCUT2D eigenvalue weighted by molar-refractivity contribution is -0.157. The number of halogens is 1. The molecule has 11 nitrogen and oxygen atoms in total. The molecular weight excluding hydrogens is 606 g/mol. The van der Waals surface area contributed by atoms with Gasteiger partial charge in [-0.1, -0.05) is 59.3 Å². The van der Waals surface area contributed by atoms with Crippen molar-refractivity contribution in [3.05, 3.63) is 49.6 Å². The minimum absolute atomic E-state index is 0.0616. The van der Waals surface area contributed by atoms with E-state index in [1.54, 1.807) is 21.7 Å². The lowest BCUT2D eigenvalue weighted by Gasteiger charge is -2.40. The number of nitrogens with zero attached hydrogens (tertiary/aromatic N) is 5. The van der Waals surface area contributed by atoms with Crippen LogP contribution in [0.1, 0.15) is 33.1 Å². The summed E-state index contributed by atoms with van der Waals surface area (Å²) in [6.45, 7) is 11.4.